The molecule has 3 nitrogen and oxygen atoms in total. The monoisotopic (exact) mass is 420 g/mol. The van der Waals surface area contributed by atoms with Gasteiger partial charge in [-0.2, -0.15) is 0 Å². The van der Waals surface area contributed by atoms with Crippen LogP contribution in [0.2, 0.25) is 0 Å². The SMILES string of the molecule is COc1ccc(C=CC(=O)c2ccc(-c3ccccc3)cc2)cc1OCc1ccccc1. The smallest absolute Gasteiger partial charge is 0.185 e. The third-order valence-electron chi connectivity index (χ3n) is 5.13. The molecule has 0 saturated carbocycles. The summed E-state index contributed by atoms with van der Waals surface area (Å²) in [5, 5.41) is 0. The van der Waals surface area contributed by atoms with Crippen LogP contribution in [-0.4, -0.2) is 12.9 Å². The molecule has 0 bridgehead atoms. The van der Waals surface area contributed by atoms with Crippen molar-refractivity contribution in [2.45, 2.75) is 6.61 Å². The Morgan fingerprint density at radius 2 is 1.41 bits per heavy atom. The third kappa shape index (κ3) is 5.32. The molecule has 4 aromatic carbocycles. The fourth-order valence-corrected chi connectivity index (χ4v) is 3.37. The van der Waals surface area contributed by atoms with E-state index in [1.807, 2.05) is 91.0 Å². The lowest BCUT2D eigenvalue weighted by atomic mass is 10.0. The van der Waals surface area contributed by atoms with Gasteiger partial charge in [-0.3, -0.25) is 4.79 Å². The van der Waals surface area contributed by atoms with Crippen LogP contribution in [0.5, 0.6) is 11.5 Å². The summed E-state index contributed by atoms with van der Waals surface area (Å²) in [5.74, 6) is 1.24. The van der Waals surface area contributed by atoms with Crippen molar-refractivity contribution in [3.05, 3.63) is 126 Å². The van der Waals surface area contributed by atoms with Gasteiger partial charge >= 0.3 is 0 Å². The lowest BCUT2D eigenvalue weighted by molar-refractivity contribution is 0.104. The van der Waals surface area contributed by atoms with Gasteiger partial charge in [-0.1, -0.05) is 97.1 Å². The van der Waals surface area contributed by atoms with E-state index in [-0.39, 0.29) is 5.78 Å². The number of methoxy groups -OCH3 is 1. The largest absolute Gasteiger partial charge is 0.493 e. The third-order valence-corrected chi connectivity index (χ3v) is 5.13. The van der Waals surface area contributed by atoms with E-state index in [2.05, 4.69) is 12.1 Å². The van der Waals surface area contributed by atoms with E-state index in [9.17, 15) is 4.79 Å². The summed E-state index contributed by atoms with van der Waals surface area (Å²) in [6.07, 6.45) is 3.38. The number of hydrogen-bond acceptors (Lipinski definition) is 3. The molecular weight excluding hydrogens is 396 g/mol. The van der Waals surface area contributed by atoms with Crippen LogP contribution in [0.4, 0.5) is 0 Å². The molecule has 0 spiro atoms. The molecule has 0 N–H and O–H groups in total. The maximum Gasteiger partial charge on any atom is 0.185 e. The molecule has 0 unspecified atom stereocenters. The highest BCUT2D eigenvalue weighted by molar-refractivity contribution is 6.07. The van der Waals surface area contributed by atoms with Crippen LogP contribution in [-0.2, 0) is 6.61 Å². The fourth-order valence-electron chi connectivity index (χ4n) is 3.37. The van der Waals surface area contributed by atoms with E-state index >= 15 is 0 Å². The first-order valence-electron chi connectivity index (χ1n) is 10.5. The average Bonchev–Trinajstić information content (AvgIpc) is 2.87. The van der Waals surface area contributed by atoms with Crippen LogP contribution in [0.1, 0.15) is 21.5 Å². The van der Waals surface area contributed by atoms with Gasteiger partial charge in [0.25, 0.3) is 0 Å². The highest BCUT2D eigenvalue weighted by Gasteiger charge is 2.07. The van der Waals surface area contributed by atoms with Crippen LogP contribution in [0, 0.1) is 0 Å². The zero-order valence-corrected chi connectivity index (χ0v) is 17.9. The Bertz CT molecular complexity index is 1190. The minimum Gasteiger partial charge on any atom is -0.493 e. The normalized spacial score (nSPS) is 10.8. The van der Waals surface area contributed by atoms with E-state index in [4.69, 9.17) is 9.47 Å². The highest BCUT2D eigenvalue weighted by Crippen LogP contribution is 2.29. The van der Waals surface area contributed by atoms with Crippen molar-refractivity contribution < 1.29 is 14.3 Å². The molecular formula is C29H24O3. The van der Waals surface area contributed by atoms with Crippen molar-refractivity contribution in [1.29, 1.82) is 0 Å². The topological polar surface area (TPSA) is 35.5 Å². The Hall–Kier alpha value is -4.11. The summed E-state index contributed by atoms with van der Waals surface area (Å²) in [5.41, 5.74) is 4.80. The lowest BCUT2D eigenvalue weighted by Gasteiger charge is -2.11. The Morgan fingerprint density at radius 3 is 2.09 bits per heavy atom. The zero-order valence-electron chi connectivity index (χ0n) is 17.9. The Balaban J connectivity index is 1.45. The number of carbonyl (C=O) groups is 1. The van der Waals surface area contributed by atoms with Gasteiger partial charge < -0.3 is 9.47 Å². The van der Waals surface area contributed by atoms with Gasteiger partial charge in [0.15, 0.2) is 17.3 Å². The van der Waals surface area contributed by atoms with Gasteiger partial charge in [0.1, 0.15) is 6.61 Å². The second-order valence-corrected chi connectivity index (χ2v) is 7.33. The quantitative estimate of drug-likeness (QED) is 0.231. The van der Waals surface area contributed by atoms with Gasteiger partial charge in [-0.25, -0.2) is 0 Å². The molecule has 0 saturated heterocycles. The second-order valence-electron chi connectivity index (χ2n) is 7.33. The zero-order chi connectivity index (χ0) is 22.2. The van der Waals surface area contributed by atoms with Crippen molar-refractivity contribution in [2.24, 2.45) is 0 Å². The maximum atomic E-state index is 12.6. The number of benzene rings is 4. The number of carbonyl (C=O) groups excluding carboxylic acids is 1. The maximum absolute atomic E-state index is 12.6. The van der Waals surface area contributed by atoms with Crippen molar-refractivity contribution in [3.63, 3.8) is 0 Å². The molecule has 0 aliphatic heterocycles. The summed E-state index contributed by atoms with van der Waals surface area (Å²) in [7, 11) is 1.61. The minimum absolute atomic E-state index is 0.0489. The first-order valence-corrected chi connectivity index (χ1v) is 10.5. The molecule has 32 heavy (non-hydrogen) atoms. The van der Waals surface area contributed by atoms with E-state index in [1.54, 1.807) is 19.3 Å². The van der Waals surface area contributed by atoms with E-state index in [0.717, 1.165) is 22.3 Å². The Morgan fingerprint density at radius 1 is 0.750 bits per heavy atom. The van der Waals surface area contributed by atoms with E-state index in [0.29, 0.717) is 23.7 Å². The molecule has 0 aliphatic carbocycles. The Labute approximate surface area is 188 Å². The van der Waals surface area contributed by atoms with Gasteiger partial charge in [0, 0.05) is 5.56 Å². The van der Waals surface area contributed by atoms with Crippen LogP contribution >= 0.6 is 0 Å². The van der Waals surface area contributed by atoms with Crippen LogP contribution in [0.15, 0.2) is 109 Å². The molecule has 0 atom stereocenters. The summed E-state index contributed by atoms with van der Waals surface area (Å²) in [6.45, 7) is 0.442. The fraction of sp³-hybridized carbons (Fsp3) is 0.0690. The summed E-state index contributed by atoms with van der Waals surface area (Å²) < 4.78 is 11.4. The molecule has 4 aromatic rings. The van der Waals surface area contributed by atoms with Crippen LogP contribution < -0.4 is 9.47 Å². The van der Waals surface area contributed by atoms with Crippen LogP contribution in [0.25, 0.3) is 17.2 Å². The first-order chi connectivity index (χ1) is 15.7. The summed E-state index contributed by atoms with van der Waals surface area (Å²) in [6, 6.07) is 33.3. The summed E-state index contributed by atoms with van der Waals surface area (Å²) in [4.78, 5) is 12.6. The molecule has 0 fully saturated rings. The van der Waals surface area contributed by atoms with Crippen molar-refractivity contribution >= 4 is 11.9 Å². The first kappa shape index (κ1) is 21.1. The number of ketones is 1. The second kappa shape index (κ2) is 10.3. The number of allylic oxidation sites excluding steroid dienone is 1. The van der Waals surface area contributed by atoms with Gasteiger partial charge in [-0.05, 0) is 40.5 Å². The Kier molecular flexibility index (Phi) is 6.78. The molecule has 4 rings (SSSR count). The van der Waals surface area contributed by atoms with E-state index < -0.39 is 0 Å². The molecule has 0 aromatic heterocycles. The predicted molar refractivity (Wildman–Crippen MR) is 129 cm³/mol. The number of hydrogen-bond donors (Lipinski definition) is 0. The van der Waals surface area contributed by atoms with Gasteiger partial charge in [-0.15, -0.1) is 0 Å². The predicted octanol–water partition coefficient (Wildman–Crippen LogP) is 6.84. The molecule has 0 amide bonds. The van der Waals surface area contributed by atoms with Crippen LogP contribution in [0.3, 0.4) is 0 Å². The van der Waals surface area contributed by atoms with Crippen molar-refractivity contribution in [2.75, 3.05) is 7.11 Å². The summed E-state index contributed by atoms with van der Waals surface area (Å²) >= 11 is 0. The lowest BCUT2D eigenvalue weighted by Crippen LogP contribution is -1.98. The average molecular weight is 421 g/mol. The molecule has 3 heteroatoms. The van der Waals surface area contributed by atoms with Crippen molar-refractivity contribution in [1.82, 2.24) is 0 Å². The standard InChI is InChI=1S/C29H24O3/c1-31-28-19-13-22(20-29(28)32-21-23-8-4-2-5-9-23)12-18-27(30)26-16-14-25(15-17-26)24-10-6-3-7-11-24/h2-20H,21H2,1H3. The van der Waals surface area contributed by atoms with Gasteiger partial charge in [0.2, 0.25) is 0 Å². The molecule has 0 aliphatic rings. The molecule has 0 radical (unpaired) electrons. The van der Waals surface area contributed by atoms with Crippen molar-refractivity contribution in [3.8, 4) is 22.6 Å². The molecule has 0 heterocycles. The van der Waals surface area contributed by atoms with E-state index in [1.165, 1.54) is 0 Å². The minimum atomic E-state index is -0.0489. The highest BCUT2D eigenvalue weighted by atomic mass is 16.5. The number of rotatable bonds is 8. The van der Waals surface area contributed by atoms with Gasteiger partial charge in [0.05, 0.1) is 7.11 Å². The number of ether oxygens (including phenoxy) is 2. The molecule has 158 valence electrons.